The fourth-order valence-electron chi connectivity index (χ4n) is 10.2. The van der Waals surface area contributed by atoms with Crippen LogP contribution in [0, 0.1) is 17.8 Å². The summed E-state index contributed by atoms with van der Waals surface area (Å²) in [7, 11) is 0. The summed E-state index contributed by atoms with van der Waals surface area (Å²) >= 11 is 0. The lowest BCUT2D eigenvalue weighted by molar-refractivity contribution is -0.167. The van der Waals surface area contributed by atoms with Crippen molar-refractivity contribution in [2.24, 2.45) is 17.8 Å². The van der Waals surface area contributed by atoms with E-state index in [1.807, 2.05) is 0 Å². The number of ether oxygens (including phenoxy) is 3. The van der Waals surface area contributed by atoms with Crippen molar-refractivity contribution in [2.45, 2.75) is 375 Å². The zero-order valence-electron chi connectivity index (χ0n) is 49.7. The van der Waals surface area contributed by atoms with Gasteiger partial charge in [0.05, 0.1) is 0 Å². The monoisotopic (exact) mass is 1020 g/mol. The molecule has 6 nitrogen and oxygen atoms in total. The predicted molar refractivity (Wildman–Crippen MR) is 312 cm³/mol. The molecule has 0 N–H and O–H groups in total. The smallest absolute Gasteiger partial charge is 0.306 e. The van der Waals surface area contributed by atoms with Crippen LogP contribution in [0.4, 0.5) is 0 Å². The van der Waals surface area contributed by atoms with Gasteiger partial charge in [0.15, 0.2) is 6.10 Å². The molecule has 0 aliphatic rings. The Bertz CT molecular complexity index is 1120. The summed E-state index contributed by atoms with van der Waals surface area (Å²) < 4.78 is 17.0. The highest BCUT2D eigenvalue weighted by molar-refractivity contribution is 5.71. The molecule has 0 aliphatic carbocycles. The van der Waals surface area contributed by atoms with Gasteiger partial charge in [0.1, 0.15) is 13.2 Å². The first-order chi connectivity index (χ1) is 35.1. The summed E-state index contributed by atoms with van der Waals surface area (Å²) in [5, 5.41) is 0. The van der Waals surface area contributed by atoms with Crippen molar-refractivity contribution in [2.75, 3.05) is 13.2 Å². The van der Waals surface area contributed by atoms with Gasteiger partial charge in [-0.3, -0.25) is 14.4 Å². The van der Waals surface area contributed by atoms with Gasteiger partial charge >= 0.3 is 17.9 Å². The third-order valence-corrected chi connectivity index (χ3v) is 15.5. The highest BCUT2D eigenvalue weighted by Crippen LogP contribution is 2.20. The molecule has 0 fully saturated rings. The van der Waals surface area contributed by atoms with E-state index in [0.717, 1.165) is 75.5 Å². The molecule has 0 aromatic rings. The lowest BCUT2D eigenvalue weighted by Crippen LogP contribution is -2.30. The fraction of sp³-hybridized carbons (Fsp3) is 0.955. The number of esters is 3. The summed E-state index contributed by atoms with van der Waals surface area (Å²) in [6.07, 6.45) is 62.4. The molecule has 0 bridgehead atoms. The molecule has 0 radical (unpaired) electrons. The maximum absolute atomic E-state index is 12.9. The van der Waals surface area contributed by atoms with Crippen molar-refractivity contribution in [3.05, 3.63) is 0 Å². The Kier molecular flexibility index (Phi) is 55.9. The van der Waals surface area contributed by atoms with E-state index in [9.17, 15) is 14.4 Å². The van der Waals surface area contributed by atoms with Crippen LogP contribution in [0.3, 0.4) is 0 Å². The number of unbranched alkanes of at least 4 members (excludes halogenated alkanes) is 41. The molecule has 0 heterocycles. The van der Waals surface area contributed by atoms with Crippen LogP contribution >= 0.6 is 0 Å². The maximum Gasteiger partial charge on any atom is 0.306 e. The predicted octanol–water partition coefficient (Wildman–Crippen LogP) is 21.8. The third kappa shape index (κ3) is 57.7. The summed E-state index contributed by atoms with van der Waals surface area (Å²) in [6, 6.07) is 0. The van der Waals surface area contributed by atoms with E-state index in [-0.39, 0.29) is 31.1 Å². The fourth-order valence-corrected chi connectivity index (χ4v) is 10.2. The van der Waals surface area contributed by atoms with Crippen LogP contribution in [0.15, 0.2) is 0 Å². The van der Waals surface area contributed by atoms with Crippen molar-refractivity contribution < 1.29 is 28.6 Å². The summed E-state index contributed by atoms with van der Waals surface area (Å²) in [4.78, 5) is 38.3. The molecular weight excluding hydrogens is 889 g/mol. The molecule has 6 heteroatoms. The number of rotatable bonds is 59. The number of hydrogen-bond donors (Lipinski definition) is 0. The second-order valence-corrected chi connectivity index (χ2v) is 24.0. The average Bonchev–Trinajstić information content (AvgIpc) is 3.36. The SMILES string of the molecule is CCC(C)CCCCCCCCCCCCCCCCCCCCC(=O)OC[C@@H](COC(=O)CCCCCCCCCCCCCCC(C)C)OC(=O)CCCCCCCCCCCCCCCCC(C)C. The summed E-state index contributed by atoms with van der Waals surface area (Å²) in [6.45, 7) is 13.8. The molecule has 0 rings (SSSR count). The first-order valence-corrected chi connectivity index (χ1v) is 32.6. The van der Waals surface area contributed by atoms with Gasteiger partial charge < -0.3 is 14.2 Å². The van der Waals surface area contributed by atoms with Gasteiger partial charge in [0.2, 0.25) is 0 Å². The molecule has 1 unspecified atom stereocenters. The summed E-state index contributed by atoms with van der Waals surface area (Å²) in [5.41, 5.74) is 0. The van der Waals surface area contributed by atoms with Crippen LogP contribution in [0.25, 0.3) is 0 Å². The quantitative estimate of drug-likeness (QED) is 0.0343. The van der Waals surface area contributed by atoms with Crippen LogP contribution < -0.4 is 0 Å². The first kappa shape index (κ1) is 70.4. The van der Waals surface area contributed by atoms with E-state index in [1.54, 1.807) is 0 Å². The topological polar surface area (TPSA) is 78.9 Å². The van der Waals surface area contributed by atoms with E-state index < -0.39 is 6.10 Å². The molecule has 0 saturated heterocycles. The molecule has 0 saturated carbocycles. The average molecular weight is 1020 g/mol. The van der Waals surface area contributed by atoms with Crippen molar-refractivity contribution in [3.63, 3.8) is 0 Å². The number of hydrogen-bond acceptors (Lipinski definition) is 6. The second kappa shape index (κ2) is 57.1. The Balaban J connectivity index is 4.26. The zero-order chi connectivity index (χ0) is 52.6. The highest BCUT2D eigenvalue weighted by atomic mass is 16.6. The molecule has 0 aromatic heterocycles. The Morgan fingerprint density at radius 3 is 0.722 bits per heavy atom. The number of carbonyl (C=O) groups is 3. The van der Waals surface area contributed by atoms with Crippen LogP contribution in [0.1, 0.15) is 369 Å². The van der Waals surface area contributed by atoms with E-state index >= 15 is 0 Å². The van der Waals surface area contributed by atoms with Crippen molar-refractivity contribution in [1.82, 2.24) is 0 Å². The first-order valence-electron chi connectivity index (χ1n) is 32.6. The second-order valence-electron chi connectivity index (χ2n) is 24.0. The minimum atomic E-state index is -0.765. The Morgan fingerprint density at radius 1 is 0.278 bits per heavy atom. The molecule has 428 valence electrons. The van der Waals surface area contributed by atoms with Gasteiger partial charge in [0.25, 0.3) is 0 Å². The normalized spacial score (nSPS) is 12.5. The summed E-state index contributed by atoms with van der Waals surface area (Å²) in [5.74, 6) is 1.75. The lowest BCUT2D eigenvalue weighted by Gasteiger charge is -2.18. The molecular formula is C66H128O6. The van der Waals surface area contributed by atoms with Crippen molar-refractivity contribution in [3.8, 4) is 0 Å². The van der Waals surface area contributed by atoms with Crippen LogP contribution in [-0.2, 0) is 28.6 Å². The van der Waals surface area contributed by atoms with Gasteiger partial charge in [-0.05, 0) is 37.0 Å². The van der Waals surface area contributed by atoms with Gasteiger partial charge in [-0.2, -0.15) is 0 Å². The Hall–Kier alpha value is -1.59. The standard InChI is InChI=1S/C66H128O6/c1-7-62(6)54-48-42-36-30-24-17-12-10-8-9-11-13-18-25-31-37-43-49-55-64(67)70-58-63(59-71-65(68)56-50-44-38-32-26-21-20-23-29-35-41-47-53-61(4)5)72-66(69)57-51-45-39-33-27-19-15-14-16-22-28-34-40-46-52-60(2)3/h60-63H,7-59H2,1-6H3/t62?,63-/m0/s1. The van der Waals surface area contributed by atoms with Crippen molar-refractivity contribution in [1.29, 1.82) is 0 Å². The van der Waals surface area contributed by atoms with E-state index in [1.165, 1.54) is 250 Å². The molecule has 72 heavy (non-hydrogen) atoms. The highest BCUT2D eigenvalue weighted by Gasteiger charge is 2.19. The Labute approximate surface area is 450 Å². The van der Waals surface area contributed by atoms with Crippen LogP contribution in [-0.4, -0.2) is 37.2 Å². The van der Waals surface area contributed by atoms with Gasteiger partial charge in [-0.1, -0.05) is 330 Å². The van der Waals surface area contributed by atoms with Gasteiger partial charge in [0, 0.05) is 19.3 Å². The molecule has 0 aliphatic heterocycles. The zero-order valence-corrected chi connectivity index (χ0v) is 49.7. The lowest BCUT2D eigenvalue weighted by atomic mass is 9.99. The maximum atomic E-state index is 12.9. The van der Waals surface area contributed by atoms with E-state index in [2.05, 4.69) is 41.5 Å². The van der Waals surface area contributed by atoms with Crippen molar-refractivity contribution >= 4 is 17.9 Å². The van der Waals surface area contributed by atoms with E-state index in [0.29, 0.717) is 19.3 Å². The molecule has 0 aromatic carbocycles. The Morgan fingerprint density at radius 2 is 0.486 bits per heavy atom. The largest absolute Gasteiger partial charge is 0.462 e. The molecule has 2 atom stereocenters. The van der Waals surface area contributed by atoms with Crippen LogP contribution in [0.5, 0.6) is 0 Å². The van der Waals surface area contributed by atoms with Crippen LogP contribution in [0.2, 0.25) is 0 Å². The minimum absolute atomic E-state index is 0.0625. The molecule has 0 spiro atoms. The molecule has 0 amide bonds. The van der Waals surface area contributed by atoms with Gasteiger partial charge in [-0.15, -0.1) is 0 Å². The van der Waals surface area contributed by atoms with E-state index in [4.69, 9.17) is 14.2 Å². The third-order valence-electron chi connectivity index (χ3n) is 15.5. The van der Waals surface area contributed by atoms with Gasteiger partial charge in [-0.25, -0.2) is 0 Å². The minimum Gasteiger partial charge on any atom is -0.462 e. The number of carbonyl (C=O) groups excluding carboxylic acids is 3.